The Hall–Kier alpha value is -3.97. The van der Waals surface area contributed by atoms with Crippen LogP contribution in [0.5, 0.6) is 5.88 Å². The van der Waals surface area contributed by atoms with E-state index in [2.05, 4.69) is 42.2 Å². The van der Waals surface area contributed by atoms with Crippen LogP contribution in [0.2, 0.25) is 0 Å². The minimum atomic E-state index is -2.82. The van der Waals surface area contributed by atoms with Crippen LogP contribution in [0.1, 0.15) is 25.1 Å². The number of ether oxygens (including phenoxy) is 2. The molecule has 3 aromatic heterocycles. The molecule has 13 heteroatoms. The highest BCUT2D eigenvalue weighted by molar-refractivity contribution is 5.77. The fraction of sp³-hybridized carbons (Fsp3) is 0.423. The molecule has 0 spiro atoms. The highest BCUT2D eigenvalue weighted by atomic mass is 19.3. The number of rotatable bonds is 7. The first-order valence-electron chi connectivity index (χ1n) is 13.0. The number of likely N-dealkylation sites (tertiary alicyclic amines) is 1. The Kier molecular flexibility index (Phi) is 7.16. The normalized spacial score (nSPS) is 17.2. The maximum absolute atomic E-state index is 14.1. The van der Waals surface area contributed by atoms with Gasteiger partial charge in [0.05, 0.1) is 36.1 Å². The van der Waals surface area contributed by atoms with Crippen LogP contribution in [0.15, 0.2) is 42.6 Å². The number of piperidine rings is 1. The summed E-state index contributed by atoms with van der Waals surface area (Å²) >= 11 is 0. The van der Waals surface area contributed by atoms with E-state index >= 15 is 0 Å². The average Bonchev–Trinajstić information content (AvgIpc) is 3.36. The van der Waals surface area contributed by atoms with Gasteiger partial charge in [0, 0.05) is 32.2 Å². The van der Waals surface area contributed by atoms with E-state index in [4.69, 9.17) is 9.47 Å². The maximum atomic E-state index is 14.1. The van der Waals surface area contributed by atoms with Crippen LogP contribution in [-0.2, 0) is 4.74 Å². The Morgan fingerprint density at radius 3 is 2.46 bits per heavy atom. The maximum Gasteiger partial charge on any atom is 0.296 e. The van der Waals surface area contributed by atoms with Crippen molar-refractivity contribution in [3.63, 3.8) is 0 Å². The third-order valence-corrected chi connectivity index (χ3v) is 6.83. The van der Waals surface area contributed by atoms with Crippen LogP contribution in [-0.4, -0.2) is 86.9 Å². The van der Waals surface area contributed by atoms with Crippen LogP contribution in [0.25, 0.3) is 17.0 Å². The lowest BCUT2D eigenvalue weighted by Crippen LogP contribution is -2.37. The molecule has 0 unspecified atom stereocenters. The monoisotopic (exact) mass is 537 g/mol. The number of hydrogen-bond donors (Lipinski definition) is 1. The first kappa shape index (κ1) is 25.3. The Bertz CT molecular complexity index is 1420. The first-order valence-corrected chi connectivity index (χ1v) is 13.0. The van der Waals surface area contributed by atoms with Crippen molar-refractivity contribution in [1.82, 2.24) is 34.4 Å². The van der Waals surface area contributed by atoms with Crippen LogP contribution >= 0.6 is 0 Å². The number of nitrogens with one attached hydrogen (secondary N) is 1. The summed E-state index contributed by atoms with van der Waals surface area (Å²) in [6, 6.07) is 10.5. The molecule has 204 valence electrons. The molecule has 5 heterocycles. The number of benzene rings is 1. The predicted molar refractivity (Wildman–Crippen MR) is 141 cm³/mol. The van der Waals surface area contributed by atoms with E-state index in [1.807, 2.05) is 11.0 Å². The molecule has 2 aliphatic rings. The molecule has 0 bridgehead atoms. The zero-order valence-electron chi connectivity index (χ0n) is 21.5. The van der Waals surface area contributed by atoms with Crippen molar-refractivity contribution in [2.75, 3.05) is 56.7 Å². The van der Waals surface area contributed by atoms with Gasteiger partial charge in [-0.1, -0.05) is 12.1 Å². The van der Waals surface area contributed by atoms with Gasteiger partial charge in [-0.25, -0.2) is 18.7 Å². The third-order valence-electron chi connectivity index (χ3n) is 6.83. The number of imidazole rings is 1. The molecule has 39 heavy (non-hydrogen) atoms. The predicted octanol–water partition coefficient (Wildman–Crippen LogP) is 3.60. The summed E-state index contributed by atoms with van der Waals surface area (Å²) in [6.07, 6.45) is 0.876. The van der Waals surface area contributed by atoms with Gasteiger partial charge in [0.1, 0.15) is 6.10 Å². The summed E-state index contributed by atoms with van der Waals surface area (Å²) in [6.45, 7) is 4.17. The van der Waals surface area contributed by atoms with Crippen LogP contribution in [0.3, 0.4) is 0 Å². The van der Waals surface area contributed by atoms with Crippen molar-refractivity contribution in [3.8, 4) is 11.8 Å². The molecule has 1 aromatic carbocycles. The summed E-state index contributed by atoms with van der Waals surface area (Å²) in [5, 5.41) is 3.15. The van der Waals surface area contributed by atoms with Crippen LogP contribution in [0.4, 0.5) is 26.4 Å². The summed E-state index contributed by atoms with van der Waals surface area (Å²) < 4.78 is 40.9. The van der Waals surface area contributed by atoms with Crippen molar-refractivity contribution in [2.24, 2.45) is 0 Å². The van der Waals surface area contributed by atoms with E-state index in [0.29, 0.717) is 54.9 Å². The van der Waals surface area contributed by atoms with Crippen molar-refractivity contribution >= 4 is 28.6 Å². The molecular weight excluding hydrogens is 508 g/mol. The summed E-state index contributed by atoms with van der Waals surface area (Å²) in [7, 11) is 2.11. The molecule has 1 N–H and O–H groups in total. The molecule has 4 aromatic rings. The van der Waals surface area contributed by atoms with Gasteiger partial charge in [0.15, 0.2) is 5.82 Å². The molecular formula is C26H29F2N9O2. The summed E-state index contributed by atoms with van der Waals surface area (Å²) in [5.74, 6) is 0.725. The SMILES string of the molecule is CN1CCC(Oc2ccc(Nc3nc(N4CCOCC4)nc(-n4c(C(F)F)nc5ccccc54)n3)cn2)CC1. The molecule has 2 aliphatic heterocycles. The van der Waals surface area contributed by atoms with Gasteiger partial charge in [0.2, 0.25) is 23.7 Å². The molecule has 6 rings (SSSR count). The highest BCUT2D eigenvalue weighted by Crippen LogP contribution is 2.28. The quantitative estimate of drug-likeness (QED) is 0.376. The number of anilines is 3. The molecule has 0 atom stereocenters. The van der Waals surface area contributed by atoms with Crippen molar-refractivity contribution in [3.05, 3.63) is 48.4 Å². The summed E-state index contributed by atoms with van der Waals surface area (Å²) in [4.78, 5) is 26.5. The van der Waals surface area contributed by atoms with Gasteiger partial charge in [-0.3, -0.25) is 4.57 Å². The molecule has 0 radical (unpaired) electrons. The van der Waals surface area contributed by atoms with Crippen molar-refractivity contribution in [1.29, 1.82) is 0 Å². The Morgan fingerprint density at radius 1 is 0.949 bits per heavy atom. The van der Waals surface area contributed by atoms with E-state index in [1.165, 1.54) is 4.57 Å². The Balaban J connectivity index is 1.31. The number of nitrogens with zero attached hydrogens (tertiary/aromatic N) is 8. The lowest BCUT2D eigenvalue weighted by Gasteiger charge is -2.28. The number of alkyl halides is 2. The first-order chi connectivity index (χ1) is 19.0. The largest absolute Gasteiger partial charge is 0.474 e. The second kappa shape index (κ2) is 11.0. The minimum absolute atomic E-state index is 0.0492. The zero-order chi connectivity index (χ0) is 26.8. The lowest BCUT2D eigenvalue weighted by atomic mass is 10.1. The lowest BCUT2D eigenvalue weighted by molar-refractivity contribution is 0.110. The number of halogens is 2. The minimum Gasteiger partial charge on any atom is -0.474 e. The smallest absolute Gasteiger partial charge is 0.296 e. The van der Waals surface area contributed by atoms with Gasteiger partial charge in [-0.2, -0.15) is 15.0 Å². The van der Waals surface area contributed by atoms with E-state index in [-0.39, 0.29) is 18.0 Å². The zero-order valence-corrected chi connectivity index (χ0v) is 21.5. The Morgan fingerprint density at radius 2 is 1.72 bits per heavy atom. The summed E-state index contributed by atoms with van der Waals surface area (Å²) in [5.41, 5.74) is 1.54. The number of morpholine rings is 1. The fourth-order valence-corrected chi connectivity index (χ4v) is 4.74. The van der Waals surface area contributed by atoms with Gasteiger partial charge in [-0.15, -0.1) is 0 Å². The molecule has 0 aliphatic carbocycles. The number of aromatic nitrogens is 6. The van der Waals surface area contributed by atoms with Gasteiger partial charge in [0.25, 0.3) is 6.43 Å². The average molecular weight is 538 g/mol. The molecule has 0 saturated carbocycles. The van der Waals surface area contributed by atoms with Crippen LogP contribution in [0, 0.1) is 0 Å². The van der Waals surface area contributed by atoms with Crippen molar-refractivity contribution in [2.45, 2.75) is 25.4 Å². The molecule has 2 fully saturated rings. The highest BCUT2D eigenvalue weighted by Gasteiger charge is 2.24. The number of hydrogen-bond acceptors (Lipinski definition) is 10. The standard InChI is InChI=1S/C26H29F2N9O2/c1-35-10-8-18(9-11-35)39-21-7-6-17(16-29-21)30-24-32-25(36-12-14-38-15-13-36)34-26(33-24)37-20-5-3-2-4-19(20)31-23(37)22(27)28/h2-7,16,18,22H,8-15H2,1H3,(H,30,32,33,34). The van der Waals surface area contributed by atoms with Gasteiger partial charge >= 0.3 is 0 Å². The van der Waals surface area contributed by atoms with Gasteiger partial charge < -0.3 is 24.6 Å². The molecule has 0 amide bonds. The molecule has 11 nitrogen and oxygen atoms in total. The number of pyridine rings is 1. The van der Waals surface area contributed by atoms with E-state index in [1.54, 1.807) is 36.5 Å². The molecule has 2 saturated heterocycles. The van der Waals surface area contributed by atoms with Crippen molar-refractivity contribution < 1.29 is 18.3 Å². The van der Waals surface area contributed by atoms with E-state index in [9.17, 15) is 8.78 Å². The number of para-hydroxylation sites is 2. The topological polar surface area (TPSA) is 106 Å². The second-order valence-electron chi connectivity index (χ2n) is 9.58. The van der Waals surface area contributed by atoms with Crippen LogP contribution < -0.4 is 15.0 Å². The van der Waals surface area contributed by atoms with E-state index in [0.717, 1.165) is 25.9 Å². The Labute approximate surface area is 223 Å². The fourth-order valence-electron chi connectivity index (χ4n) is 4.74. The number of fused-ring (bicyclic) bond motifs is 1. The van der Waals surface area contributed by atoms with Gasteiger partial charge in [-0.05, 0) is 38.1 Å². The second-order valence-corrected chi connectivity index (χ2v) is 9.58. The third kappa shape index (κ3) is 5.59. The van der Waals surface area contributed by atoms with E-state index < -0.39 is 12.2 Å².